The zero-order valence-corrected chi connectivity index (χ0v) is 30.0. The fourth-order valence-electron chi connectivity index (χ4n) is 7.40. The Hall–Kier alpha value is -4.14. The summed E-state index contributed by atoms with van der Waals surface area (Å²) in [6, 6.07) is 8.50. The van der Waals surface area contributed by atoms with E-state index >= 15 is 9.18 Å². The Morgan fingerprint density at radius 3 is 2.34 bits per heavy atom. The van der Waals surface area contributed by atoms with Crippen molar-refractivity contribution in [3.05, 3.63) is 70.6 Å². The SMILES string of the molecule is CCOc1ncccc1C1(NC(=O)N2CCC(C3CCN(C)CC3)CC2)C(=O)N(S(=O)(=O)c2ccc(OC)cc2OC)c2cc(F)c(Cl)cc21. The molecule has 3 aliphatic rings. The molecule has 2 aromatic carbocycles. The third-order valence-electron chi connectivity index (χ3n) is 10.1. The van der Waals surface area contributed by atoms with E-state index in [0.29, 0.717) is 35.0 Å². The second-order valence-electron chi connectivity index (χ2n) is 12.8. The first kappa shape index (κ1) is 35.7. The highest BCUT2D eigenvalue weighted by Gasteiger charge is 2.59. The Morgan fingerprint density at radius 2 is 1.70 bits per heavy atom. The van der Waals surface area contributed by atoms with Crippen molar-refractivity contribution >= 4 is 39.2 Å². The van der Waals surface area contributed by atoms with Crippen LogP contribution in [0.3, 0.4) is 0 Å². The molecule has 1 unspecified atom stereocenters. The maximum absolute atomic E-state index is 15.3. The summed E-state index contributed by atoms with van der Waals surface area (Å²) < 4.78 is 61.4. The molecular weight excluding hydrogens is 689 g/mol. The van der Waals surface area contributed by atoms with Crippen molar-refractivity contribution in [3.8, 4) is 17.4 Å². The number of methoxy groups -OCH3 is 2. The number of amides is 3. The topological polar surface area (TPSA) is 131 Å². The molecule has 0 saturated carbocycles. The highest BCUT2D eigenvalue weighted by molar-refractivity contribution is 7.93. The number of carbonyl (C=O) groups excluding carboxylic acids is 2. The summed E-state index contributed by atoms with van der Waals surface area (Å²) in [5.41, 5.74) is -2.57. The number of carbonyl (C=O) groups is 2. The van der Waals surface area contributed by atoms with E-state index < -0.39 is 33.3 Å². The first-order valence-corrected chi connectivity index (χ1v) is 18.4. The van der Waals surface area contributed by atoms with Gasteiger partial charge < -0.3 is 29.3 Å². The summed E-state index contributed by atoms with van der Waals surface area (Å²) in [5, 5.41) is 2.53. The molecule has 15 heteroatoms. The van der Waals surface area contributed by atoms with Crippen LogP contribution in [0.5, 0.6) is 17.4 Å². The van der Waals surface area contributed by atoms with Gasteiger partial charge in [-0.3, -0.25) is 4.79 Å². The third kappa shape index (κ3) is 6.21. The number of piperidine rings is 2. The van der Waals surface area contributed by atoms with Crippen molar-refractivity contribution in [3.63, 3.8) is 0 Å². The van der Waals surface area contributed by atoms with E-state index in [1.165, 1.54) is 50.7 Å². The van der Waals surface area contributed by atoms with Crippen molar-refractivity contribution < 1.29 is 36.6 Å². The summed E-state index contributed by atoms with van der Waals surface area (Å²) in [7, 11) is -0.0104. The second-order valence-corrected chi connectivity index (χ2v) is 15.0. The van der Waals surface area contributed by atoms with Crippen molar-refractivity contribution in [2.75, 3.05) is 58.4 Å². The Morgan fingerprint density at radius 1 is 1.02 bits per heavy atom. The Labute approximate surface area is 296 Å². The molecular formula is C35H41ClFN5O7S. The number of nitrogens with zero attached hydrogens (tertiary/aromatic N) is 4. The van der Waals surface area contributed by atoms with Crippen molar-refractivity contribution in [1.29, 1.82) is 0 Å². The number of sulfonamides is 1. The smallest absolute Gasteiger partial charge is 0.318 e. The van der Waals surface area contributed by atoms with Crippen LogP contribution in [0.1, 0.15) is 43.7 Å². The standard InChI is InChI=1S/C35H41ClFN5O7S/c1-5-49-32-25(7-6-14-38-32)35(39-34(44)41-17-12-23(13-18-41)22-10-15-40(2)16-11-22)26-20-27(36)28(37)21-29(26)42(33(35)43)50(45,46)31-9-8-24(47-3)19-30(31)48-4/h6-9,14,19-23H,5,10-13,15-18H2,1-4H3,(H,39,44). The van der Waals surface area contributed by atoms with Gasteiger partial charge in [-0.1, -0.05) is 11.6 Å². The molecule has 3 aliphatic heterocycles. The monoisotopic (exact) mass is 729 g/mol. The lowest BCUT2D eigenvalue weighted by Gasteiger charge is -2.40. The summed E-state index contributed by atoms with van der Waals surface area (Å²) in [5.74, 6) is -0.827. The Balaban J connectivity index is 1.45. The fourth-order valence-corrected chi connectivity index (χ4v) is 9.16. The lowest BCUT2D eigenvalue weighted by Crippen LogP contribution is -2.58. The number of rotatable bonds is 9. The van der Waals surface area contributed by atoms with Gasteiger partial charge in [0.05, 0.1) is 37.1 Å². The third-order valence-corrected chi connectivity index (χ3v) is 12.1. The van der Waals surface area contributed by atoms with Crippen LogP contribution in [-0.4, -0.2) is 89.2 Å². The van der Waals surface area contributed by atoms with Gasteiger partial charge in [0, 0.05) is 37.0 Å². The number of anilines is 1. The predicted molar refractivity (Wildman–Crippen MR) is 185 cm³/mol. The minimum Gasteiger partial charge on any atom is -0.497 e. The molecule has 3 aromatic rings. The molecule has 0 bridgehead atoms. The van der Waals surface area contributed by atoms with Gasteiger partial charge >= 0.3 is 6.03 Å². The number of urea groups is 1. The average Bonchev–Trinajstić information content (AvgIpc) is 3.35. The number of likely N-dealkylation sites (tertiary alicyclic amines) is 2. The van der Waals surface area contributed by atoms with Crippen LogP contribution in [-0.2, 0) is 20.4 Å². The molecule has 0 aliphatic carbocycles. The van der Waals surface area contributed by atoms with Crippen LogP contribution in [0.2, 0.25) is 5.02 Å². The highest BCUT2D eigenvalue weighted by Crippen LogP contribution is 2.51. The van der Waals surface area contributed by atoms with Crippen LogP contribution in [0.4, 0.5) is 14.9 Å². The maximum atomic E-state index is 15.3. The molecule has 268 valence electrons. The number of hydrogen-bond donors (Lipinski definition) is 1. The normalized spacial score (nSPS) is 20.5. The van der Waals surface area contributed by atoms with Gasteiger partial charge in [-0.2, -0.15) is 4.31 Å². The summed E-state index contributed by atoms with van der Waals surface area (Å²) in [6.07, 6.45) is 5.27. The van der Waals surface area contributed by atoms with Crippen LogP contribution in [0, 0.1) is 17.7 Å². The molecule has 1 aromatic heterocycles. The van der Waals surface area contributed by atoms with Gasteiger partial charge in [0.25, 0.3) is 15.9 Å². The van der Waals surface area contributed by atoms with E-state index in [1.807, 2.05) is 0 Å². The summed E-state index contributed by atoms with van der Waals surface area (Å²) in [4.78, 5) is 37.3. The van der Waals surface area contributed by atoms with E-state index in [4.69, 9.17) is 25.8 Å². The van der Waals surface area contributed by atoms with E-state index in [2.05, 4.69) is 22.2 Å². The summed E-state index contributed by atoms with van der Waals surface area (Å²) >= 11 is 6.34. The molecule has 2 fully saturated rings. The minimum atomic E-state index is -4.82. The lowest BCUT2D eigenvalue weighted by atomic mass is 9.79. The largest absolute Gasteiger partial charge is 0.497 e. The molecule has 0 spiro atoms. The van der Waals surface area contributed by atoms with Crippen LogP contribution in [0.25, 0.3) is 0 Å². The molecule has 2 saturated heterocycles. The van der Waals surface area contributed by atoms with Crippen LogP contribution in [0.15, 0.2) is 53.6 Å². The quantitative estimate of drug-likeness (QED) is 0.322. The first-order valence-electron chi connectivity index (χ1n) is 16.6. The maximum Gasteiger partial charge on any atom is 0.318 e. The lowest BCUT2D eigenvalue weighted by molar-refractivity contribution is -0.121. The van der Waals surface area contributed by atoms with Gasteiger partial charge in [0.1, 0.15) is 22.2 Å². The predicted octanol–water partition coefficient (Wildman–Crippen LogP) is 5.03. The van der Waals surface area contributed by atoms with Crippen molar-refractivity contribution in [2.24, 2.45) is 11.8 Å². The molecule has 4 heterocycles. The van der Waals surface area contributed by atoms with Crippen molar-refractivity contribution in [2.45, 2.75) is 43.0 Å². The number of aromatic nitrogens is 1. The molecule has 6 rings (SSSR count). The van der Waals surface area contributed by atoms with Crippen LogP contribution < -0.4 is 23.8 Å². The Bertz CT molecular complexity index is 1880. The number of pyridine rings is 1. The first-order chi connectivity index (χ1) is 24.0. The Kier molecular flexibility index (Phi) is 10.2. The number of benzene rings is 2. The zero-order chi connectivity index (χ0) is 35.8. The minimum absolute atomic E-state index is 0.0164. The van der Waals surface area contributed by atoms with Gasteiger partial charge in [0.2, 0.25) is 5.88 Å². The highest BCUT2D eigenvalue weighted by atomic mass is 35.5. The molecule has 1 N–H and O–H groups in total. The van der Waals surface area contributed by atoms with Crippen molar-refractivity contribution in [1.82, 2.24) is 20.1 Å². The molecule has 12 nitrogen and oxygen atoms in total. The van der Waals surface area contributed by atoms with Gasteiger partial charge in [0.15, 0.2) is 5.54 Å². The number of hydrogen-bond acceptors (Lipinski definition) is 9. The fraction of sp³-hybridized carbons (Fsp3) is 0.457. The summed E-state index contributed by atoms with van der Waals surface area (Å²) in [6.45, 7) is 4.86. The number of ether oxygens (including phenoxy) is 3. The molecule has 1 atom stereocenters. The van der Waals surface area contributed by atoms with E-state index in [9.17, 15) is 13.2 Å². The number of fused-ring (bicyclic) bond motifs is 1. The van der Waals surface area contributed by atoms with E-state index in [1.54, 1.807) is 17.9 Å². The molecule has 0 radical (unpaired) electrons. The number of nitrogens with one attached hydrogen (secondary N) is 1. The van der Waals surface area contributed by atoms with Gasteiger partial charge in [-0.25, -0.2) is 22.6 Å². The molecule has 50 heavy (non-hydrogen) atoms. The molecule has 3 amide bonds. The van der Waals surface area contributed by atoms with Gasteiger partial charge in [-0.05, 0) is 94.9 Å². The second kappa shape index (κ2) is 14.2. The zero-order valence-electron chi connectivity index (χ0n) is 28.4. The van der Waals surface area contributed by atoms with E-state index in [-0.39, 0.29) is 45.0 Å². The van der Waals surface area contributed by atoms with E-state index in [0.717, 1.165) is 44.8 Å². The number of halogens is 2. The van der Waals surface area contributed by atoms with Crippen LogP contribution >= 0.6 is 11.6 Å². The average molecular weight is 730 g/mol. The van der Waals surface area contributed by atoms with Gasteiger partial charge in [-0.15, -0.1) is 0 Å².